The first-order valence-electron chi connectivity index (χ1n) is 5.18. The van der Waals surface area contributed by atoms with Crippen molar-refractivity contribution >= 4 is 8.18 Å². The summed E-state index contributed by atoms with van der Waals surface area (Å²) in [5, 5.41) is 2.82. The molecule has 0 bridgehead atoms. The molecule has 1 aromatic rings. The smallest absolute Gasteiger partial charge is 0.305 e. The lowest BCUT2D eigenvalue weighted by Crippen LogP contribution is -2.07. The fraction of sp³-hybridized carbons (Fsp3) is 0.273. The predicted octanol–water partition coefficient (Wildman–Crippen LogP) is 1.95. The highest BCUT2D eigenvalue weighted by atomic mass is 31.1. The fourth-order valence-corrected chi connectivity index (χ4v) is 1.87. The van der Waals surface area contributed by atoms with Crippen LogP contribution < -0.4 is 15.3 Å². The lowest BCUT2D eigenvalue weighted by Gasteiger charge is -2.06. The van der Waals surface area contributed by atoms with Gasteiger partial charge in [-0.05, 0) is 18.6 Å². The van der Waals surface area contributed by atoms with Crippen molar-refractivity contribution in [2.24, 2.45) is 5.73 Å². The molecule has 0 heterocycles. The van der Waals surface area contributed by atoms with Crippen LogP contribution in [0.4, 0.5) is 0 Å². The summed E-state index contributed by atoms with van der Waals surface area (Å²) in [7, 11) is -2.19. The highest BCUT2D eigenvalue weighted by Crippen LogP contribution is 2.22. The fourth-order valence-electron chi connectivity index (χ4n) is 1.10. The summed E-state index contributed by atoms with van der Waals surface area (Å²) >= 11 is 0. The monoisotopic (exact) mass is 240 g/mol. The van der Waals surface area contributed by atoms with Gasteiger partial charge >= 0.3 is 8.18 Å². The molecule has 0 radical (unpaired) electrons. The van der Waals surface area contributed by atoms with E-state index in [4.69, 9.17) is 10.3 Å². The number of nitrogens with two attached hydrogens (primary N) is 1. The highest BCUT2D eigenvalue weighted by molar-refractivity contribution is 7.37. The third kappa shape index (κ3) is 5.71. The summed E-state index contributed by atoms with van der Waals surface area (Å²) in [6, 6.07) is 9.12. The van der Waals surface area contributed by atoms with Crippen molar-refractivity contribution in [1.29, 1.82) is 0 Å². The zero-order chi connectivity index (χ0) is 11.6. The largest absolute Gasteiger partial charge is 0.434 e. The van der Waals surface area contributed by atoms with Gasteiger partial charge in [-0.15, -0.1) is 0 Å². The minimum Gasteiger partial charge on any atom is -0.434 e. The summed E-state index contributed by atoms with van der Waals surface area (Å²) in [5.41, 5.74) is 5.29. The van der Waals surface area contributed by atoms with Crippen molar-refractivity contribution < 1.29 is 9.09 Å². The molecule has 0 saturated heterocycles. The Morgan fingerprint density at radius 1 is 1.31 bits per heavy atom. The van der Waals surface area contributed by atoms with E-state index in [1.54, 1.807) is 12.1 Å². The third-order valence-corrected chi connectivity index (χ3v) is 2.80. The lowest BCUT2D eigenvalue weighted by molar-refractivity contribution is 0.492. The van der Waals surface area contributed by atoms with Gasteiger partial charge in [0.2, 0.25) is 0 Å². The Labute approximate surface area is 96.4 Å². The van der Waals surface area contributed by atoms with Crippen molar-refractivity contribution in [3.05, 3.63) is 42.5 Å². The quantitative estimate of drug-likeness (QED) is 0.434. The molecule has 0 spiro atoms. The van der Waals surface area contributed by atoms with Crippen LogP contribution in [0.2, 0.25) is 0 Å². The number of para-hydroxylation sites is 1. The number of benzene rings is 1. The topological polar surface area (TPSA) is 64.3 Å². The van der Waals surface area contributed by atoms with Gasteiger partial charge < -0.3 is 10.3 Å². The molecule has 16 heavy (non-hydrogen) atoms. The van der Waals surface area contributed by atoms with Gasteiger partial charge in [0.1, 0.15) is 5.75 Å². The molecule has 0 aromatic heterocycles. The van der Waals surface area contributed by atoms with Crippen LogP contribution in [0.5, 0.6) is 5.75 Å². The molecular formula is C11H17N2O2P. The zero-order valence-corrected chi connectivity index (χ0v) is 10.1. The van der Waals surface area contributed by atoms with E-state index in [0.29, 0.717) is 18.8 Å². The van der Waals surface area contributed by atoms with E-state index in [1.165, 1.54) is 0 Å². The molecule has 1 rings (SSSR count). The van der Waals surface area contributed by atoms with Crippen LogP contribution >= 0.6 is 8.18 Å². The molecule has 0 aliphatic rings. The molecule has 0 aliphatic carbocycles. The summed E-state index contributed by atoms with van der Waals surface area (Å²) in [6.07, 6.45) is 4.62. The van der Waals surface area contributed by atoms with Crippen molar-refractivity contribution in [2.45, 2.75) is 6.42 Å². The maximum Gasteiger partial charge on any atom is 0.305 e. The van der Waals surface area contributed by atoms with Crippen molar-refractivity contribution in [3.8, 4) is 5.75 Å². The molecule has 1 atom stereocenters. The molecule has 88 valence electrons. The first-order valence-corrected chi connectivity index (χ1v) is 6.50. The van der Waals surface area contributed by atoms with Crippen LogP contribution in [0.3, 0.4) is 0 Å². The van der Waals surface area contributed by atoms with Gasteiger partial charge in [0.25, 0.3) is 0 Å². The van der Waals surface area contributed by atoms with Crippen LogP contribution in [0.15, 0.2) is 42.5 Å². The zero-order valence-electron chi connectivity index (χ0n) is 9.06. The van der Waals surface area contributed by atoms with E-state index < -0.39 is 8.18 Å². The van der Waals surface area contributed by atoms with Crippen molar-refractivity contribution in [3.63, 3.8) is 0 Å². The third-order valence-electron chi connectivity index (χ3n) is 1.84. The van der Waals surface area contributed by atoms with Crippen LogP contribution in [-0.4, -0.2) is 13.1 Å². The van der Waals surface area contributed by atoms with E-state index in [0.717, 1.165) is 6.42 Å². The Balaban J connectivity index is 2.19. The SMILES string of the molecule is NC/C=C\CCN[PH](=O)Oc1ccccc1. The summed E-state index contributed by atoms with van der Waals surface area (Å²) < 4.78 is 16.7. The first kappa shape index (κ1) is 13.0. The second-order valence-electron chi connectivity index (χ2n) is 3.13. The molecule has 1 aromatic carbocycles. The summed E-state index contributed by atoms with van der Waals surface area (Å²) in [4.78, 5) is 0. The highest BCUT2D eigenvalue weighted by Gasteiger charge is 1.98. The molecule has 1 unspecified atom stereocenters. The number of hydrogen-bond donors (Lipinski definition) is 2. The Hall–Kier alpha value is -1.09. The molecule has 3 N–H and O–H groups in total. The van der Waals surface area contributed by atoms with Crippen LogP contribution in [0.1, 0.15) is 6.42 Å². The summed E-state index contributed by atoms with van der Waals surface area (Å²) in [5.74, 6) is 0.622. The van der Waals surface area contributed by atoms with Crippen LogP contribution in [0.25, 0.3) is 0 Å². The predicted molar refractivity (Wildman–Crippen MR) is 66.9 cm³/mol. The first-order chi connectivity index (χ1) is 7.83. The second kappa shape index (κ2) is 8.11. The average molecular weight is 240 g/mol. The van der Waals surface area contributed by atoms with E-state index in [2.05, 4.69) is 5.09 Å². The molecule has 0 amide bonds. The Bertz CT molecular complexity index is 341. The molecule has 4 nitrogen and oxygen atoms in total. The van der Waals surface area contributed by atoms with Crippen LogP contribution in [0, 0.1) is 0 Å². The summed E-state index contributed by atoms with van der Waals surface area (Å²) in [6.45, 7) is 1.16. The molecule has 0 aliphatic heterocycles. The Morgan fingerprint density at radius 3 is 2.75 bits per heavy atom. The average Bonchev–Trinajstić information content (AvgIpc) is 2.30. The maximum absolute atomic E-state index is 11.4. The van der Waals surface area contributed by atoms with Crippen molar-refractivity contribution in [2.75, 3.05) is 13.1 Å². The van der Waals surface area contributed by atoms with Crippen LogP contribution in [-0.2, 0) is 4.57 Å². The Kier molecular flexibility index (Phi) is 6.58. The molecule has 0 saturated carbocycles. The molecule has 0 fully saturated rings. The van der Waals surface area contributed by atoms with Gasteiger partial charge in [-0.1, -0.05) is 30.4 Å². The maximum atomic E-state index is 11.4. The number of nitrogens with one attached hydrogen (secondary N) is 1. The molecule has 5 heteroatoms. The van der Waals surface area contributed by atoms with Gasteiger partial charge in [0.05, 0.1) is 0 Å². The van der Waals surface area contributed by atoms with Crippen molar-refractivity contribution in [1.82, 2.24) is 5.09 Å². The number of hydrogen-bond acceptors (Lipinski definition) is 3. The van der Waals surface area contributed by atoms with E-state index in [-0.39, 0.29) is 0 Å². The standard InChI is InChI=1S/C11H17N2O2P/c12-9-5-2-6-10-13-16(14)15-11-7-3-1-4-8-11/h1-5,7-8,16H,6,9-10,12H2,(H,13,14)/b5-2-. The minimum absolute atomic E-state index is 0.537. The lowest BCUT2D eigenvalue weighted by atomic mass is 10.3. The van der Waals surface area contributed by atoms with Gasteiger partial charge in [0, 0.05) is 13.1 Å². The van der Waals surface area contributed by atoms with Gasteiger partial charge in [-0.25, -0.2) is 5.09 Å². The van der Waals surface area contributed by atoms with Gasteiger partial charge in [0.15, 0.2) is 0 Å². The van der Waals surface area contributed by atoms with Gasteiger partial charge in [-0.3, -0.25) is 4.57 Å². The Morgan fingerprint density at radius 2 is 2.06 bits per heavy atom. The van der Waals surface area contributed by atoms with E-state index in [9.17, 15) is 4.57 Å². The normalized spacial score (nSPS) is 12.8. The minimum atomic E-state index is -2.19. The molecular weight excluding hydrogens is 223 g/mol. The van der Waals surface area contributed by atoms with Gasteiger partial charge in [-0.2, -0.15) is 0 Å². The van der Waals surface area contributed by atoms with E-state index >= 15 is 0 Å². The van der Waals surface area contributed by atoms with E-state index in [1.807, 2.05) is 30.4 Å². The second-order valence-corrected chi connectivity index (χ2v) is 4.26. The number of rotatable bonds is 7.